The number of hydrogen-bond donors (Lipinski definition) is 1. The number of rotatable bonds is 7. The number of carbonyl (C=O) groups is 2. The Hall–Kier alpha value is -3.37. The monoisotopic (exact) mass is 599 g/mol. The summed E-state index contributed by atoms with van der Waals surface area (Å²) in [6.45, 7) is 12.5. The minimum atomic E-state index is -0.691. The van der Waals surface area contributed by atoms with Gasteiger partial charge in [0.1, 0.15) is 40.3 Å². The minimum absolute atomic E-state index is 0.00994. The fourth-order valence-electron chi connectivity index (χ4n) is 6.35. The number of unbranched alkanes of at least 4 members (excludes halogenated alkanes) is 1. The van der Waals surface area contributed by atoms with Gasteiger partial charge in [0.05, 0.1) is 11.6 Å². The summed E-state index contributed by atoms with van der Waals surface area (Å²) in [5.74, 6) is -1.06. The lowest BCUT2D eigenvalue weighted by molar-refractivity contribution is -0.128. The first kappa shape index (κ1) is 30.1. The number of phenols is 1. The second kappa shape index (κ2) is 11.7. The fraction of sp³-hybridized carbons (Fsp3) is 0.516. The van der Waals surface area contributed by atoms with Crippen LogP contribution in [-0.4, -0.2) is 101 Å². The van der Waals surface area contributed by atoms with E-state index in [1.165, 1.54) is 24.3 Å². The van der Waals surface area contributed by atoms with E-state index in [1.807, 2.05) is 0 Å². The van der Waals surface area contributed by atoms with E-state index in [2.05, 4.69) is 44.2 Å². The molecule has 0 saturated carbocycles. The van der Waals surface area contributed by atoms with Gasteiger partial charge in [-0.05, 0) is 58.5 Å². The topological polar surface area (TPSA) is 89.5 Å². The second-order valence-corrected chi connectivity index (χ2v) is 12.4. The summed E-state index contributed by atoms with van der Waals surface area (Å²) in [6, 6.07) is 3.79. The van der Waals surface area contributed by atoms with Crippen molar-refractivity contribution in [1.82, 2.24) is 19.7 Å². The third kappa shape index (κ3) is 5.30. The Kier molecular flexibility index (Phi) is 8.40. The molecule has 1 N–H and O–H groups in total. The molecule has 3 aliphatic rings. The van der Waals surface area contributed by atoms with Crippen molar-refractivity contribution >= 4 is 29.2 Å². The SMILES string of the molecule is C=CC(=O)N1CCN2C(=O)c3c(N4CC(N(C)CCCC)CC4(C)C)nc(-c4c(O)cccc4F)c(Cl)c3OC[C@H]2C1. The van der Waals surface area contributed by atoms with Crippen molar-refractivity contribution in [2.75, 3.05) is 51.3 Å². The molecule has 1 unspecified atom stereocenters. The molecule has 42 heavy (non-hydrogen) atoms. The number of carbonyl (C=O) groups excluding carboxylic acids is 2. The number of phenolic OH excluding ortho intramolecular Hbond substituents is 1. The van der Waals surface area contributed by atoms with Crippen LogP contribution in [0.2, 0.25) is 5.02 Å². The van der Waals surface area contributed by atoms with Gasteiger partial charge in [-0.15, -0.1) is 0 Å². The summed E-state index contributed by atoms with van der Waals surface area (Å²) >= 11 is 6.89. The van der Waals surface area contributed by atoms with Crippen molar-refractivity contribution in [2.24, 2.45) is 0 Å². The summed E-state index contributed by atoms with van der Waals surface area (Å²) in [4.78, 5) is 39.4. The number of benzene rings is 1. The van der Waals surface area contributed by atoms with E-state index in [0.29, 0.717) is 25.5 Å². The number of aromatic hydroxyl groups is 1. The molecule has 1 aromatic heterocycles. The summed E-state index contributed by atoms with van der Waals surface area (Å²) in [5, 5.41) is 10.6. The van der Waals surface area contributed by atoms with Crippen molar-refractivity contribution in [3.63, 3.8) is 0 Å². The van der Waals surface area contributed by atoms with E-state index in [1.54, 1.807) is 9.80 Å². The first-order chi connectivity index (χ1) is 20.0. The molecule has 11 heteroatoms. The minimum Gasteiger partial charge on any atom is -0.507 e. The number of anilines is 1. The van der Waals surface area contributed by atoms with Crippen LogP contribution in [0.3, 0.4) is 0 Å². The number of hydrogen-bond acceptors (Lipinski definition) is 7. The molecule has 5 rings (SSSR count). The lowest BCUT2D eigenvalue weighted by Gasteiger charge is -2.40. The van der Waals surface area contributed by atoms with Gasteiger partial charge < -0.3 is 29.4 Å². The smallest absolute Gasteiger partial charge is 0.261 e. The highest BCUT2D eigenvalue weighted by Crippen LogP contribution is 2.48. The molecule has 9 nitrogen and oxygen atoms in total. The Bertz CT molecular complexity index is 1380. The Balaban J connectivity index is 1.65. The van der Waals surface area contributed by atoms with Crippen LogP contribution in [0.5, 0.6) is 11.5 Å². The molecule has 2 atom stereocenters. The summed E-state index contributed by atoms with van der Waals surface area (Å²) in [5.41, 5.74) is -0.331. The Morgan fingerprint density at radius 3 is 2.76 bits per heavy atom. The first-order valence-electron chi connectivity index (χ1n) is 14.5. The van der Waals surface area contributed by atoms with Crippen LogP contribution >= 0.6 is 11.6 Å². The van der Waals surface area contributed by atoms with Crippen molar-refractivity contribution in [1.29, 1.82) is 0 Å². The predicted molar refractivity (Wildman–Crippen MR) is 161 cm³/mol. The van der Waals surface area contributed by atoms with Crippen molar-refractivity contribution < 1.29 is 23.8 Å². The molecule has 2 amide bonds. The maximum Gasteiger partial charge on any atom is 0.261 e. The van der Waals surface area contributed by atoms with Gasteiger partial charge in [-0.2, -0.15) is 0 Å². The van der Waals surface area contributed by atoms with Crippen molar-refractivity contribution in [2.45, 2.75) is 57.7 Å². The largest absolute Gasteiger partial charge is 0.507 e. The maximum absolute atomic E-state index is 15.2. The highest BCUT2D eigenvalue weighted by Gasteiger charge is 2.46. The van der Waals surface area contributed by atoms with Crippen LogP contribution in [-0.2, 0) is 4.79 Å². The van der Waals surface area contributed by atoms with Gasteiger partial charge in [0.15, 0.2) is 5.75 Å². The zero-order chi connectivity index (χ0) is 30.3. The standard InChI is InChI=1S/C31H39ClFN5O4/c1-6-8-12-35(5)19-15-31(3,4)38(17-19)29-25-28(26(32)27(34-29)24-21(33)10-9-11-22(24)39)42-18-20-16-36(23(40)7-2)13-14-37(20)30(25)41/h7,9-11,19-20,39H,2,6,8,12-18H2,1,3-5H3/t19?,20-/m1/s1. The zero-order valence-electron chi connectivity index (χ0n) is 24.7. The molecule has 3 aliphatic heterocycles. The highest BCUT2D eigenvalue weighted by atomic mass is 35.5. The molecule has 2 aromatic rings. The van der Waals surface area contributed by atoms with E-state index in [0.717, 1.165) is 25.8 Å². The number of pyridine rings is 1. The number of halogens is 2. The molecule has 0 spiro atoms. The number of fused-ring (bicyclic) bond motifs is 2. The predicted octanol–water partition coefficient (Wildman–Crippen LogP) is 4.57. The number of nitrogens with zero attached hydrogens (tertiary/aromatic N) is 5. The Morgan fingerprint density at radius 2 is 2.07 bits per heavy atom. The van der Waals surface area contributed by atoms with Crippen LogP contribution in [0.4, 0.5) is 10.2 Å². The van der Waals surface area contributed by atoms with E-state index in [9.17, 15) is 14.7 Å². The normalized spacial score (nSPS) is 21.6. The van der Waals surface area contributed by atoms with Crippen LogP contribution in [0, 0.1) is 5.82 Å². The molecule has 2 fully saturated rings. The molecule has 226 valence electrons. The summed E-state index contributed by atoms with van der Waals surface area (Å²) in [6.07, 6.45) is 4.25. The quantitative estimate of drug-likeness (QED) is 0.467. The molecule has 2 saturated heterocycles. The number of piperazine rings is 1. The lowest BCUT2D eigenvalue weighted by Crippen LogP contribution is -2.57. The first-order valence-corrected chi connectivity index (χ1v) is 14.9. The molecule has 0 bridgehead atoms. The zero-order valence-corrected chi connectivity index (χ0v) is 25.5. The van der Waals surface area contributed by atoms with Gasteiger partial charge >= 0.3 is 0 Å². The van der Waals surface area contributed by atoms with E-state index in [-0.39, 0.29) is 64.4 Å². The van der Waals surface area contributed by atoms with Crippen LogP contribution in [0.1, 0.15) is 50.4 Å². The summed E-state index contributed by atoms with van der Waals surface area (Å²) < 4.78 is 21.5. The lowest BCUT2D eigenvalue weighted by atomic mass is 9.98. The second-order valence-electron chi connectivity index (χ2n) is 12.0. The number of ether oxygens (including phenoxy) is 1. The maximum atomic E-state index is 15.2. The van der Waals surface area contributed by atoms with E-state index >= 15 is 4.39 Å². The van der Waals surface area contributed by atoms with Crippen LogP contribution in [0.15, 0.2) is 30.9 Å². The average Bonchev–Trinajstić information content (AvgIpc) is 3.20. The van der Waals surface area contributed by atoms with Gasteiger partial charge in [0, 0.05) is 37.8 Å². The molecule has 0 radical (unpaired) electrons. The van der Waals surface area contributed by atoms with Crippen molar-refractivity contribution in [3.8, 4) is 22.8 Å². The number of aromatic nitrogens is 1. The number of likely N-dealkylation sites (N-methyl/N-ethyl adjacent to an activating group) is 1. The van der Waals surface area contributed by atoms with Gasteiger partial charge in [0.2, 0.25) is 5.91 Å². The van der Waals surface area contributed by atoms with Gasteiger partial charge in [-0.3, -0.25) is 9.59 Å². The molecule has 4 heterocycles. The van der Waals surface area contributed by atoms with Crippen LogP contribution in [0.25, 0.3) is 11.3 Å². The Morgan fingerprint density at radius 1 is 1.31 bits per heavy atom. The van der Waals surface area contributed by atoms with Crippen molar-refractivity contribution in [3.05, 3.63) is 47.3 Å². The fourth-order valence-corrected chi connectivity index (χ4v) is 6.64. The van der Waals surface area contributed by atoms with Gasteiger partial charge in [-0.25, -0.2) is 9.37 Å². The number of amides is 2. The third-order valence-corrected chi connectivity index (χ3v) is 9.12. The highest BCUT2D eigenvalue weighted by molar-refractivity contribution is 6.35. The van der Waals surface area contributed by atoms with E-state index < -0.39 is 17.4 Å². The van der Waals surface area contributed by atoms with E-state index in [4.69, 9.17) is 21.3 Å². The summed E-state index contributed by atoms with van der Waals surface area (Å²) in [7, 11) is 2.11. The molecular weight excluding hydrogens is 561 g/mol. The third-order valence-electron chi connectivity index (χ3n) is 8.77. The molecule has 0 aliphatic carbocycles. The van der Waals surface area contributed by atoms with Gasteiger partial charge in [-0.1, -0.05) is 37.6 Å². The molecular formula is C31H39ClFN5O4. The van der Waals surface area contributed by atoms with Gasteiger partial charge in [0.25, 0.3) is 5.91 Å². The van der Waals surface area contributed by atoms with Crippen LogP contribution < -0.4 is 9.64 Å². The average molecular weight is 600 g/mol. The Labute approximate surface area is 251 Å². The molecule has 1 aromatic carbocycles.